The summed E-state index contributed by atoms with van der Waals surface area (Å²) in [7, 11) is 0. The van der Waals surface area contributed by atoms with Crippen molar-refractivity contribution < 1.29 is 54.1 Å². The number of ketones is 1. The lowest BCUT2D eigenvalue weighted by molar-refractivity contribution is -0.271. The number of carboxylic acid groups (broad SMARTS) is 1. The van der Waals surface area contributed by atoms with E-state index in [1.54, 1.807) is 19.1 Å². The largest absolute Gasteiger partial charge is 0.507 e. The van der Waals surface area contributed by atoms with Crippen molar-refractivity contribution in [1.29, 1.82) is 0 Å². The van der Waals surface area contributed by atoms with Gasteiger partial charge in [-0.1, -0.05) is 12.2 Å². The van der Waals surface area contributed by atoms with Crippen LogP contribution >= 0.6 is 0 Å². The molecule has 11 nitrogen and oxygen atoms in total. The number of fused-ring (bicyclic) bond motifs is 1. The van der Waals surface area contributed by atoms with Crippen molar-refractivity contribution in [2.24, 2.45) is 0 Å². The summed E-state index contributed by atoms with van der Waals surface area (Å²) in [5.74, 6) is -2.78. The third-order valence-electron chi connectivity index (χ3n) is 5.89. The maximum Gasteiger partial charge on any atom is 0.342 e. The monoisotopic (exact) mass is 494 g/mol. The van der Waals surface area contributed by atoms with Crippen LogP contribution in [-0.2, 0) is 19.1 Å². The Labute approximate surface area is 201 Å². The number of Topliss-reactive ketones (excluding diaryl/α,β-unsaturated/α-hetero) is 1. The number of rotatable bonds is 3. The van der Waals surface area contributed by atoms with Gasteiger partial charge in [0.1, 0.15) is 41.2 Å². The Morgan fingerprint density at radius 3 is 2.49 bits per heavy atom. The van der Waals surface area contributed by atoms with Crippen LogP contribution < -0.4 is 4.74 Å². The molecule has 2 heterocycles. The molecule has 0 unspecified atom stereocenters. The Morgan fingerprint density at radius 1 is 1.06 bits per heavy atom. The number of cyclic esters (lactones) is 1. The Kier molecular flexibility index (Phi) is 8.84. The van der Waals surface area contributed by atoms with Crippen molar-refractivity contribution in [1.82, 2.24) is 0 Å². The number of aliphatic hydroxyl groups is 3. The quantitative estimate of drug-likeness (QED) is 0.380. The van der Waals surface area contributed by atoms with Gasteiger partial charge in [-0.2, -0.15) is 0 Å². The Bertz CT molecular complexity index is 972. The zero-order valence-corrected chi connectivity index (χ0v) is 19.2. The van der Waals surface area contributed by atoms with Crippen molar-refractivity contribution in [3.8, 4) is 11.5 Å². The fraction of sp³-hybridized carbons (Fsp3) is 0.542. The van der Waals surface area contributed by atoms with E-state index >= 15 is 0 Å². The number of benzene rings is 1. The second-order valence-electron chi connectivity index (χ2n) is 8.70. The summed E-state index contributed by atoms with van der Waals surface area (Å²) in [5.41, 5.74) is 0.110. The average molecular weight is 494 g/mol. The molecule has 35 heavy (non-hydrogen) atoms. The molecule has 11 heteroatoms. The molecule has 0 spiro atoms. The second-order valence-corrected chi connectivity index (χ2v) is 8.70. The maximum atomic E-state index is 12.8. The summed E-state index contributed by atoms with van der Waals surface area (Å²) in [6, 6.07) is 2.43. The highest BCUT2D eigenvalue weighted by atomic mass is 16.7. The van der Waals surface area contributed by atoms with Crippen molar-refractivity contribution >= 4 is 23.8 Å². The molecule has 0 saturated carbocycles. The standard InChI is InChI=1S/C24H30O11/c1-12-6-5-9-14(25)8-4-2-3-7-13-10-15(11-16(26)17(13)23(32)33-12)34-24-20(29)18(27)19(28)21(35-24)22(30)31/h3,7,10-12,18-21,24,26-29H,2,4-6,8-9H2,1H3,(H,30,31)/b7-3+/t12-,18-,19-,20+,21-,24+/m0/s1. The minimum absolute atomic E-state index is 0.0974. The van der Waals surface area contributed by atoms with Crippen LogP contribution in [0.4, 0.5) is 0 Å². The second kappa shape index (κ2) is 11.6. The van der Waals surface area contributed by atoms with Crippen LogP contribution in [0, 0.1) is 0 Å². The molecule has 1 aromatic carbocycles. The van der Waals surface area contributed by atoms with Gasteiger partial charge in [0.05, 0.1) is 6.10 Å². The van der Waals surface area contributed by atoms with Gasteiger partial charge in [0.15, 0.2) is 6.10 Å². The number of phenols is 1. The normalized spacial score (nSPS) is 31.5. The molecule has 0 aromatic heterocycles. The van der Waals surface area contributed by atoms with Gasteiger partial charge >= 0.3 is 11.9 Å². The van der Waals surface area contributed by atoms with E-state index in [2.05, 4.69) is 0 Å². The molecule has 3 rings (SSSR count). The number of carbonyl (C=O) groups is 3. The molecular formula is C24H30O11. The number of ether oxygens (including phenoxy) is 3. The van der Waals surface area contributed by atoms with Gasteiger partial charge in [-0.15, -0.1) is 0 Å². The lowest BCUT2D eigenvalue weighted by atomic mass is 9.99. The van der Waals surface area contributed by atoms with Crippen LogP contribution in [0.2, 0.25) is 0 Å². The van der Waals surface area contributed by atoms with Crippen LogP contribution in [0.3, 0.4) is 0 Å². The minimum Gasteiger partial charge on any atom is -0.507 e. The molecule has 0 aliphatic carbocycles. The van der Waals surface area contributed by atoms with Crippen molar-refractivity contribution in [3.63, 3.8) is 0 Å². The minimum atomic E-state index is -1.88. The van der Waals surface area contributed by atoms with Gasteiger partial charge in [-0.05, 0) is 44.2 Å². The molecule has 5 N–H and O–H groups in total. The number of aliphatic carboxylic acids is 1. The lowest BCUT2D eigenvalue weighted by Gasteiger charge is -2.38. The molecular weight excluding hydrogens is 464 g/mol. The number of allylic oxidation sites excluding steroid dienone is 1. The zero-order valence-electron chi connectivity index (χ0n) is 19.2. The summed E-state index contributed by atoms with van der Waals surface area (Å²) in [5, 5.41) is 49.8. The van der Waals surface area contributed by atoms with E-state index in [4.69, 9.17) is 14.2 Å². The third kappa shape index (κ3) is 6.57. The fourth-order valence-corrected chi connectivity index (χ4v) is 3.97. The SMILES string of the molecule is C[C@H]1CCCC(=O)CCC/C=C/c2cc(O[C@@H]3O[C@H](C(=O)O)[C@@H](O)[C@H](O)[C@H]3O)cc(O)c2C(=O)O1. The first-order valence-corrected chi connectivity index (χ1v) is 11.4. The molecule has 1 aromatic rings. The predicted octanol–water partition coefficient (Wildman–Crippen LogP) is 1.14. The summed E-state index contributed by atoms with van der Waals surface area (Å²) in [4.78, 5) is 36.1. The molecule has 0 bridgehead atoms. The van der Waals surface area contributed by atoms with Crippen LogP contribution in [0.1, 0.15) is 61.4 Å². The van der Waals surface area contributed by atoms with Gasteiger partial charge in [-0.25, -0.2) is 9.59 Å². The van der Waals surface area contributed by atoms with E-state index in [1.807, 2.05) is 0 Å². The Morgan fingerprint density at radius 2 is 1.77 bits per heavy atom. The molecule has 1 fully saturated rings. The van der Waals surface area contributed by atoms with E-state index in [-0.39, 0.29) is 22.7 Å². The van der Waals surface area contributed by atoms with E-state index in [0.717, 1.165) is 6.07 Å². The molecule has 0 radical (unpaired) electrons. The van der Waals surface area contributed by atoms with Crippen molar-refractivity contribution in [2.45, 2.75) is 82.3 Å². The van der Waals surface area contributed by atoms with Gasteiger partial charge in [0, 0.05) is 18.9 Å². The van der Waals surface area contributed by atoms with E-state index in [9.17, 15) is 39.9 Å². The number of aromatic hydroxyl groups is 1. The highest BCUT2D eigenvalue weighted by Crippen LogP contribution is 2.33. The third-order valence-corrected chi connectivity index (χ3v) is 5.89. The van der Waals surface area contributed by atoms with Gasteiger partial charge < -0.3 is 39.7 Å². The number of carbonyl (C=O) groups excluding carboxylic acids is 2. The summed E-state index contributed by atoms with van der Waals surface area (Å²) in [6.45, 7) is 1.69. The molecule has 1 saturated heterocycles. The number of hydrogen-bond acceptors (Lipinski definition) is 10. The van der Waals surface area contributed by atoms with Gasteiger partial charge in [0.25, 0.3) is 0 Å². The highest BCUT2D eigenvalue weighted by Gasteiger charge is 2.48. The van der Waals surface area contributed by atoms with Crippen LogP contribution in [0.15, 0.2) is 18.2 Å². The van der Waals surface area contributed by atoms with Crippen molar-refractivity contribution in [3.05, 3.63) is 29.3 Å². The van der Waals surface area contributed by atoms with Gasteiger partial charge in [-0.3, -0.25) is 4.79 Å². The van der Waals surface area contributed by atoms with Crippen LogP contribution in [0.25, 0.3) is 6.08 Å². The van der Waals surface area contributed by atoms with E-state index in [1.165, 1.54) is 6.07 Å². The summed E-state index contributed by atoms with van der Waals surface area (Å²) >= 11 is 0. The lowest BCUT2D eigenvalue weighted by Crippen LogP contribution is -2.61. The Hall–Kier alpha value is -2.99. The first-order valence-electron chi connectivity index (χ1n) is 11.4. The van der Waals surface area contributed by atoms with Crippen LogP contribution in [0.5, 0.6) is 11.5 Å². The highest BCUT2D eigenvalue weighted by molar-refractivity contribution is 5.97. The first-order chi connectivity index (χ1) is 16.6. The molecule has 6 atom stereocenters. The van der Waals surface area contributed by atoms with Crippen molar-refractivity contribution in [2.75, 3.05) is 0 Å². The smallest absolute Gasteiger partial charge is 0.342 e. The van der Waals surface area contributed by atoms with Crippen LogP contribution in [-0.4, -0.2) is 80.1 Å². The predicted molar refractivity (Wildman–Crippen MR) is 120 cm³/mol. The molecule has 0 amide bonds. The number of phenolic OH excluding ortho intramolecular Hbond substituents is 1. The molecule has 2 aliphatic heterocycles. The van der Waals surface area contributed by atoms with E-state index < -0.39 is 54.5 Å². The first kappa shape index (κ1) is 26.6. The Balaban J connectivity index is 1.90. The zero-order chi connectivity index (χ0) is 25.7. The number of carboxylic acids is 1. The number of aliphatic hydroxyl groups excluding tert-OH is 3. The summed E-state index contributed by atoms with van der Waals surface area (Å²) in [6.07, 6.45) is -3.23. The average Bonchev–Trinajstić information content (AvgIpc) is 2.78. The maximum absolute atomic E-state index is 12.8. The number of hydrogen-bond donors (Lipinski definition) is 5. The molecule has 192 valence electrons. The fourth-order valence-electron chi connectivity index (χ4n) is 3.97. The number of esters is 1. The topological polar surface area (TPSA) is 180 Å². The summed E-state index contributed by atoms with van der Waals surface area (Å²) < 4.78 is 16.0. The van der Waals surface area contributed by atoms with E-state index in [0.29, 0.717) is 38.5 Å². The van der Waals surface area contributed by atoms with Gasteiger partial charge in [0.2, 0.25) is 6.29 Å². The molecule has 2 aliphatic rings.